The van der Waals surface area contributed by atoms with E-state index in [0.717, 1.165) is 25.0 Å². The summed E-state index contributed by atoms with van der Waals surface area (Å²) in [6.07, 6.45) is 8.50. The summed E-state index contributed by atoms with van der Waals surface area (Å²) in [4.78, 5) is 10.5. The second-order valence-corrected chi connectivity index (χ2v) is 4.12. The molecule has 1 rings (SSSR count). The molecule has 0 heterocycles. The first-order valence-corrected chi connectivity index (χ1v) is 4.80. The third kappa shape index (κ3) is 1.96. The van der Waals surface area contributed by atoms with Gasteiger partial charge in [-0.1, -0.05) is 13.0 Å². The molecule has 0 spiro atoms. The smallest absolute Gasteiger partial charge is 0.120 e. The molecule has 1 aliphatic carbocycles. The van der Waals surface area contributed by atoms with Gasteiger partial charge in [-0.25, -0.2) is 0 Å². The van der Waals surface area contributed by atoms with Crippen LogP contribution in [0, 0.1) is 11.3 Å². The van der Waals surface area contributed by atoms with Crippen LogP contribution in [0.15, 0.2) is 12.7 Å². The van der Waals surface area contributed by atoms with Gasteiger partial charge >= 0.3 is 0 Å². The molecule has 0 unspecified atom stereocenters. The van der Waals surface area contributed by atoms with E-state index in [4.69, 9.17) is 0 Å². The van der Waals surface area contributed by atoms with Gasteiger partial charge in [-0.05, 0) is 37.0 Å². The Morgan fingerprint density at radius 2 is 2.08 bits per heavy atom. The van der Waals surface area contributed by atoms with Crippen molar-refractivity contribution in [3.63, 3.8) is 0 Å². The summed E-state index contributed by atoms with van der Waals surface area (Å²) in [5, 5.41) is 0. The second-order valence-electron chi connectivity index (χ2n) is 4.12. The topological polar surface area (TPSA) is 17.1 Å². The average molecular weight is 166 g/mol. The zero-order valence-corrected chi connectivity index (χ0v) is 7.88. The average Bonchev–Trinajstić information content (AvgIpc) is 2.10. The van der Waals surface area contributed by atoms with Crippen LogP contribution in [0.1, 0.15) is 39.0 Å². The van der Waals surface area contributed by atoms with E-state index >= 15 is 0 Å². The normalized spacial score (nSPS) is 35.9. The Hall–Kier alpha value is -0.590. The fourth-order valence-electron chi connectivity index (χ4n) is 1.99. The summed E-state index contributed by atoms with van der Waals surface area (Å²) in [7, 11) is 0. The maximum atomic E-state index is 10.5. The number of carbonyl (C=O) groups excluding carboxylic acids is 1. The van der Waals surface area contributed by atoms with Crippen molar-refractivity contribution in [1.82, 2.24) is 0 Å². The standard InChI is InChI=1S/C11H18O/c1-3-11(8-9-12)6-4-10(2)5-7-11/h3,9-10H,1,4-8H2,2H3. The Kier molecular flexibility index (Phi) is 3.07. The Labute approximate surface area is 74.9 Å². The first-order valence-electron chi connectivity index (χ1n) is 4.80. The number of carbonyl (C=O) groups is 1. The van der Waals surface area contributed by atoms with Gasteiger partial charge in [-0.15, -0.1) is 6.58 Å². The number of rotatable bonds is 3. The van der Waals surface area contributed by atoms with Gasteiger partial charge in [-0.2, -0.15) is 0 Å². The highest BCUT2D eigenvalue weighted by Gasteiger charge is 2.30. The minimum Gasteiger partial charge on any atom is -0.303 e. The van der Waals surface area contributed by atoms with Crippen LogP contribution in [-0.4, -0.2) is 6.29 Å². The van der Waals surface area contributed by atoms with Crippen LogP contribution in [0.5, 0.6) is 0 Å². The molecule has 12 heavy (non-hydrogen) atoms. The van der Waals surface area contributed by atoms with E-state index in [1.54, 1.807) is 0 Å². The van der Waals surface area contributed by atoms with Crippen molar-refractivity contribution >= 4 is 6.29 Å². The molecule has 1 aliphatic rings. The number of aldehydes is 1. The highest BCUT2D eigenvalue weighted by atomic mass is 16.1. The second kappa shape index (κ2) is 3.88. The summed E-state index contributed by atoms with van der Waals surface area (Å²) >= 11 is 0. The first-order chi connectivity index (χ1) is 5.72. The fraction of sp³-hybridized carbons (Fsp3) is 0.727. The monoisotopic (exact) mass is 166 g/mol. The predicted molar refractivity (Wildman–Crippen MR) is 50.9 cm³/mol. The summed E-state index contributed by atoms with van der Waals surface area (Å²) in [5.41, 5.74) is 0.147. The zero-order chi connectivity index (χ0) is 9.03. The van der Waals surface area contributed by atoms with Crippen LogP contribution < -0.4 is 0 Å². The van der Waals surface area contributed by atoms with Crippen LogP contribution in [0.25, 0.3) is 0 Å². The molecule has 0 aliphatic heterocycles. The van der Waals surface area contributed by atoms with Crippen molar-refractivity contribution in [1.29, 1.82) is 0 Å². The molecular weight excluding hydrogens is 148 g/mol. The molecule has 0 radical (unpaired) electrons. The number of allylic oxidation sites excluding steroid dienone is 1. The van der Waals surface area contributed by atoms with Crippen molar-refractivity contribution in [2.45, 2.75) is 39.0 Å². The molecule has 0 N–H and O–H groups in total. The lowest BCUT2D eigenvalue weighted by Crippen LogP contribution is -2.24. The van der Waals surface area contributed by atoms with Gasteiger partial charge in [-0.3, -0.25) is 0 Å². The van der Waals surface area contributed by atoms with Gasteiger partial charge in [0.2, 0.25) is 0 Å². The summed E-state index contributed by atoms with van der Waals surface area (Å²) in [5.74, 6) is 0.838. The molecule has 0 aromatic heterocycles. The zero-order valence-electron chi connectivity index (χ0n) is 7.88. The van der Waals surface area contributed by atoms with Gasteiger partial charge in [0, 0.05) is 6.42 Å². The predicted octanol–water partition coefficient (Wildman–Crippen LogP) is 2.96. The van der Waals surface area contributed by atoms with Crippen molar-refractivity contribution < 1.29 is 4.79 Å². The van der Waals surface area contributed by atoms with E-state index in [1.165, 1.54) is 12.8 Å². The van der Waals surface area contributed by atoms with Crippen LogP contribution >= 0.6 is 0 Å². The fourth-order valence-corrected chi connectivity index (χ4v) is 1.99. The maximum Gasteiger partial charge on any atom is 0.120 e. The number of hydrogen-bond acceptors (Lipinski definition) is 1. The maximum absolute atomic E-state index is 10.5. The summed E-state index contributed by atoms with van der Waals surface area (Å²) < 4.78 is 0. The lowest BCUT2D eigenvalue weighted by molar-refractivity contribution is -0.109. The van der Waals surface area contributed by atoms with Crippen LogP contribution in [0.4, 0.5) is 0 Å². The molecule has 0 bridgehead atoms. The van der Waals surface area contributed by atoms with E-state index in [1.807, 2.05) is 6.08 Å². The molecule has 1 fully saturated rings. The highest BCUT2D eigenvalue weighted by Crippen LogP contribution is 2.41. The largest absolute Gasteiger partial charge is 0.303 e. The van der Waals surface area contributed by atoms with Crippen LogP contribution in [-0.2, 0) is 4.79 Å². The Bertz CT molecular complexity index is 164. The number of hydrogen-bond donors (Lipinski definition) is 0. The third-order valence-electron chi connectivity index (χ3n) is 3.19. The van der Waals surface area contributed by atoms with Gasteiger partial charge < -0.3 is 4.79 Å². The molecule has 0 atom stereocenters. The SMILES string of the molecule is C=CC1(CC=O)CCC(C)CC1. The van der Waals surface area contributed by atoms with Crippen LogP contribution in [0.2, 0.25) is 0 Å². The van der Waals surface area contributed by atoms with E-state index in [9.17, 15) is 4.79 Å². The molecule has 0 aromatic rings. The third-order valence-corrected chi connectivity index (χ3v) is 3.19. The minimum atomic E-state index is 0.147. The van der Waals surface area contributed by atoms with Crippen molar-refractivity contribution in [3.8, 4) is 0 Å². The molecule has 0 aromatic carbocycles. The Morgan fingerprint density at radius 3 is 2.50 bits per heavy atom. The van der Waals surface area contributed by atoms with Crippen molar-refractivity contribution in [2.24, 2.45) is 11.3 Å². The minimum absolute atomic E-state index is 0.147. The quantitative estimate of drug-likeness (QED) is 0.465. The van der Waals surface area contributed by atoms with E-state index in [-0.39, 0.29) is 5.41 Å². The lowest BCUT2D eigenvalue weighted by atomic mass is 9.69. The van der Waals surface area contributed by atoms with Crippen molar-refractivity contribution in [2.75, 3.05) is 0 Å². The van der Waals surface area contributed by atoms with Gasteiger partial charge in [0.1, 0.15) is 6.29 Å². The Morgan fingerprint density at radius 1 is 1.50 bits per heavy atom. The first kappa shape index (κ1) is 9.50. The van der Waals surface area contributed by atoms with Gasteiger partial charge in [0.25, 0.3) is 0 Å². The van der Waals surface area contributed by atoms with E-state index in [0.29, 0.717) is 6.42 Å². The summed E-state index contributed by atoms with van der Waals surface area (Å²) in [6.45, 7) is 6.13. The Balaban J connectivity index is 2.56. The van der Waals surface area contributed by atoms with Gasteiger partial charge in [0.15, 0.2) is 0 Å². The lowest BCUT2D eigenvalue weighted by Gasteiger charge is -2.35. The molecule has 1 nitrogen and oxygen atoms in total. The molecule has 0 amide bonds. The van der Waals surface area contributed by atoms with E-state index < -0.39 is 0 Å². The molecule has 1 saturated carbocycles. The molecule has 68 valence electrons. The molecule has 0 saturated heterocycles. The molecular formula is C11H18O. The van der Waals surface area contributed by atoms with E-state index in [2.05, 4.69) is 13.5 Å². The molecule has 1 heteroatoms. The van der Waals surface area contributed by atoms with Crippen molar-refractivity contribution in [3.05, 3.63) is 12.7 Å². The summed E-state index contributed by atoms with van der Waals surface area (Å²) in [6, 6.07) is 0. The van der Waals surface area contributed by atoms with Crippen LogP contribution in [0.3, 0.4) is 0 Å². The highest BCUT2D eigenvalue weighted by molar-refractivity contribution is 5.51. The van der Waals surface area contributed by atoms with Gasteiger partial charge in [0.05, 0.1) is 0 Å².